The average Bonchev–Trinajstić information content (AvgIpc) is 2.52. The van der Waals surface area contributed by atoms with E-state index in [0.717, 1.165) is 15.7 Å². The Morgan fingerprint density at radius 3 is 2.67 bits per heavy atom. The summed E-state index contributed by atoms with van der Waals surface area (Å²) in [7, 11) is 1.53. The van der Waals surface area contributed by atoms with Gasteiger partial charge in [0.2, 0.25) is 0 Å². The van der Waals surface area contributed by atoms with Crippen LogP contribution in [0.5, 0.6) is 5.75 Å². The molecule has 0 saturated carbocycles. The van der Waals surface area contributed by atoms with Crippen LogP contribution in [0.4, 0.5) is 0 Å². The molecule has 108 valence electrons. The highest BCUT2D eigenvalue weighted by molar-refractivity contribution is 9.10. The van der Waals surface area contributed by atoms with Crippen LogP contribution in [0.15, 0.2) is 58.1 Å². The van der Waals surface area contributed by atoms with Gasteiger partial charge in [-0.2, -0.15) is 5.10 Å². The molecule has 5 heteroatoms. The summed E-state index contributed by atoms with van der Waals surface area (Å²) in [6.07, 6.45) is 0. The zero-order valence-electron chi connectivity index (χ0n) is 11.8. The lowest BCUT2D eigenvalue weighted by Crippen LogP contribution is -2.20. The van der Waals surface area contributed by atoms with Gasteiger partial charge in [0.25, 0.3) is 5.91 Å². The highest BCUT2D eigenvalue weighted by Gasteiger charge is 2.10. The van der Waals surface area contributed by atoms with E-state index in [9.17, 15) is 4.79 Å². The molecule has 0 aliphatic rings. The van der Waals surface area contributed by atoms with Gasteiger partial charge in [-0.15, -0.1) is 0 Å². The van der Waals surface area contributed by atoms with Crippen molar-refractivity contribution in [2.24, 2.45) is 5.10 Å². The molecule has 2 rings (SSSR count). The van der Waals surface area contributed by atoms with Crippen LogP contribution in [-0.4, -0.2) is 18.7 Å². The molecular formula is C16H15BrN2O2. The first-order valence-electron chi connectivity index (χ1n) is 6.35. The van der Waals surface area contributed by atoms with E-state index in [4.69, 9.17) is 4.74 Å². The summed E-state index contributed by atoms with van der Waals surface area (Å²) in [4.78, 5) is 12.1. The number of nitrogens with zero attached hydrogens (tertiary/aromatic N) is 1. The molecule has 0 aliphatic carbocycles. The summed E-state index contributed by atoms with van der Waals surface area (Å²) < 4.78 is 6.12. The van der Waals surface area contributed by atoms with Crippen LogP contribution in [0, 0.1) is 0 Å². The van der Waals surface area contributed by atoms with E-state index in [-0.39, 0.29) is 5.91 Å². The van der Waals surface area contributed by atoms with Crippen molar-refractivity contribution in [1.82, 2.24) is 5.43 Å². The lowest BCUT2D eigenvalue weighted by Gasteiger charge is -2.07. The summed E-state index contributed by atoms with van der Waals surface area (Å²) in [6, 6.07) is 14.7. The van der Waals surface area contributed by atoms with E-state index in [1.807, 2.05) is 37.3 Å². The maximum absolute atomic E-state index is 12.1. The van der Waals surface area contributed by atoms with Gasteiger partial charge in [0.15, 0.2) is 0 Å². The number of benzene rings is 2. The van der Waals surface area contributed by atoms with Crippen molar-refractivity contribution >= 4 is 27.5 Å². The number of hydrogen-bond donors (Lipinski definition) is 1. The number of hydrogen-bond acceptors (Lipinski definition) is 3. The Kier molecular flexibility index (Phi) is 5.11. The molecule has 0 aliphatic heterocycles. The first-order chi connectivity index (χ1) is 10.1. The van der Waals surface area contributed by atoms with Gasteiger partial charge >= 0.3 is 0 Å². The minimum atomic E-state index is -0.304. The minimum absolute atomic E-state index is 0.304. The number of halogens is 1. The summed E-state index contributed by atoms with van der Waals surface area (Å²) in [5, 5.41) is 4.13. The van der Waals surface area contributed by atoms with Crippen molar-refractivity contribution in [3.05, 3.63) is 64.1 Å². The van der Waals surface area contributed by atoms with E-state index in [1.54, 1.807) is 18.2 Å². The number of nitrogens with one attached hydrogen (secondary N) is 1. The molecule has 1 amide bonds. The second-order valence-electron chi connectivity index (χ2n) is 4.35. The Hall–Kier alpha value is -2.14. The molecule has 1 N–H and O–H groups in total. The topological polar surface area (TPSA) is 50.7 Å². The number of rotatable bonds is 4. The lowest BCUT2D eigenvalue weighted by atomic mass is 10.1. The molecule has 0 unspecified atom stereocenters. The van der Waals surface area contributed by atoms with Gasteiger partial charge in [-0.05, 0) is 36.8 Å². The maximum atomic E-state index is 12.1. The number of carbonyl (C=O) groups is 1. The van der Waals surface area contributed by atoms with Crippen LogP contribution in [-0.2, 0) is 0 Å². The second kappa shape index (κ2) is 7.04. The smallest absolute Gasteiger partial charge is 0.275 e. The van der Waals surface area contributed by atoms with E-state index in [0.29, 0.717) is 11.3 Å². The second-order valence-corrected chi connectivity index (χ2v) is 5.26. The number of para-hydroxylation sites is 1. The van der Waals surface area contributed by atoms with Crippen LogP contribution in [0.2, 0.25) is 0 Å². The summed E-state index contributed by atoms with van der Waals surface area (Å²) in [5.41, 5.74) is 4.65. The largest absolute Gasteiger partial charge is 0.496 e. The van der Waals surface area contributed by atoms with E-state index in [1.165, 1.54) is 7.11 Å². The molecule has 0 heterocycles. The SMILES string of the molecule is COc1ccccc1C(=O)NN=C(C)c1cccc(Br)c1. The van der Waals surface area contributed by atoms with Gasteiger partial charge in [-0.25, -0.2) is 5.43 Å². The number of methoxy groups -OCH3 is 1. The quantitative estimate of drug-likeness (QED) is 0.679. The van der Waals surface area contributed by atoms with Gasteiger partial charge in [0.05, 0.1) is 18.4 Å². The number of hydrazone groups is 1. The van der Waals surface area contributed by atoms with E-state index < -0.39 is 0 Å². The van der Waals surface area contributed by atoms with Crippen LogP contribution in [0.25, 0.3) is 0 Å². The normalized spacial score (nSPS) is 11.1. The van der Waals surface area contributed by atoms with Crippen molar-refractivity contribution in [3.63, 3.8) is 0 Å². The van der Waals surface area contributed by atoms with Gasteiger partial charge in [0.1, 0.15) is 5.75 Å². The van der Waals surface area contributed by atoms with Crippen LogP contribution < -0.4 is 10.2 Å². The predicted octanol–water partition coefficient (Wildman–Crippen LogP) is 3.61. The third kappa shape index (κ3) is 3.92. The molecule has 4 nitrogen and oxygen atoms in total. The van der Waals surface area contributed by atoms with Crippen molar-refractivity contribution in [2.75, 3.05) is 7.11 Å². The molecule has 21 heavy (non-hydrogen) atoms. The van der Waals surface area contributed by atoms with Crippen LogP contribution in [0.1, 0.15) is 22.8 Å². The van der Waals surface area contributed by atoms with E-state index in [2.05, 4.69) is 26.5 Å². The minimum Gasteiger partial charge on any atom is -0.496 e. The van der Waals surface area contributed by atoms with Crippen molar-refractivity contribution in [2.45, 2.75) is 6.92 Å². The average molecular weight is 347 g/mol. The third-order valence-electron chi connectivity index (χ3n) is 2.92. The van der Waals surface area contributed by atoms with Gasteiger partial charge in [-0.3, -0.25) is 4.79 Å². The fourth-order valence-electron chi connectivity index (χ4n) is 1.81. The van der Waals surface area contributed by atoms with E-state index >= 15 is 0 Å². The van der Waals surface area contributed by atoms with Crippen molar-refractivity contribution in [1.29, 1.82) is 0 Å². The zero-order chi connectivity index (χ0) is 15.2. The first kappa shape index (κ1) is 15.3. The molecular weight excluding hydrogens is 332 g/mol. The van der Waals surface area contributed by atoms with Crippen molar-refractivity contribution in [3.8, 4) is 5.75 Å². The molecule has 0 radical (unpaired) electrons. The highest BCUT2D eigenvalue weighted by Crippen LogP contribution is 2.17. The molecule has 0 spiro atoms. The maximum Gasteiger partial charge on any atom is 0.275 e. The molecule has 0 atom stereocenters. The highest BCUT2D eigenvalue weighted by atomic mass is 79.9. The molecule has 0 saturated heterocycles. The molecule has 0 fully saturated rings. The Bertz CT molecular complexity index is 683. The fraction of sp³-hybridized carbons (Fsp3) is 0.125. The lowest BCUT2D eigenvalue weighted by molar-refractivity contribution is 0.0952. The Labute approximate surface area is 132 Å². The molecule has 0 bridgehead atoms. The molecule has 2 aromatic carbocycles. The number of carbonyl (C=O) groups excluding carboxylic acids is 1. The van der Waals surface area contributed by atoms with Crippen LogP contribution in [0.3, 0.4) is 0 Å². The standard InChI is InChI=1S/C16H15BrN2O2/c1-11(12-6-5-7-13(17)10-12)18-19-16(20)14-8-3-4-9-15(14)21-2/h3-10H,1-2H3,(H,19,20). The Morgan fingerprint density at radius 1 is 1.19 bits per heavy atom. The third-order valence-corrected chi connectivity index (χ3v) is 3.41. The van der Waals surface area contributed by atoms with Gasteiger partial charge < -0.3 is 4.74 Å². The van der Waals surface area contributed by atoms with Gasteiger partial charge in [0, 0.05) is 4.47 Å². The van der Waals surface area contributed by atoms with Gasteiger partial charge in [-0.1, -0.05) is 40.2 Å². The van der Waals surface area contributed by atoms with Crippen molar-refractivity contribution < 1.29 is 9.53 Å². The summed E-state index contributed by atoms with van der Waals surface area (Å²) in [6.45, 7) is 1.84. The Balaban J connectivity index is 2.15. The zero-order valence-corrected chi connectivity index (χ0v) is 13.3. The summed E-state index contributed by atoms with van der Waals surface area (Å²) >= 11 is 3.41. The first-order valence-corrected chi connectivity index (χ1v) is 7.14. The fourth-order valence-corrected chi connectivity index (χ4v) is 2.20. The predicted molar refractivity (Wildman–Crippen MR) is 86.8 cm³/mol. The van der Waals surface area contributed by atoms with Crippen LogP contribution >= 0.6 is 15.9 Å². The Morgan fingerprint density at radius 2 is 1.95 bits per heavy atom. The summed E-state index contributed by atoms with van der Waals surface area (Å²) in [5.74, 6) is 0.215. The molecule has 2 aromatic rings. The number of amides is 1. The molecule has 0 aromatic heterocycles. The number of ether oxygens (including phenoxy) is 1. The monoisotopic (exact) mass is 346 g/mol.